The van der Waals surface area contributed by atoms with Gasteiger partial charge in [0.1, 0.15) is 12.0 Å². The second-order valence-corrected chi connectivity index (χ2v) is 5.75. The molecule has 0 radical (unpaired) electrons. The maximum absolute atomic E-state index is 11.3. The van der Waals surface area contributed by atoms with E-state index in [-0.39, 0.29) is 5.91 Å². The normalized spacial score (nSPS) is 19.7. The van der Waals surface area contributed by atoms with E-state index in [1.54, 1.807) is 6.07 Å². The fraction of sp³-hybridized carbons (Fsp3) is 0.615. The van der Waals surface area contributed by atoms with Crippen LogP contribution in [0.1, 0.15) is 42.8 Å². The highest BCUT2D eigenvalue weighted by atomic mass is 16.3. The van der Waals surface area contributed by atoms with E-state index >= 15 is 0 Å². The highest BCUT2D eigenvalue weighted by molar-refractivity contribution is 5.93. The van der Waals surface area contributed by atoms with Gasteiger partial charge in [0, 0.05) is 6.54 Å². The standard InChI is InChI=1S/C13H21N3O2/c1-13(2)4-3-5-16(9-13)7-11-6-10(8-18-11)12(17)15-14/h6,8H,3-5,7,9,14H2,1-2H3,(H,15,17). The molecule has 5 heteroatoms. The Morgan fingerprint density at radius 3 is 3.06 bits per heavy atom. The highest BCUT2D eigenvalue weighted by Gasteiger charge is 2.26. The summed E-state index contributed by atoms with van der Waals surface area (Å²) in [6.07, 6.45) is 3.93. The number of hydrogen-bond donors (Lipinski definition) is 2. The lowest BCUT2D eigenvalue weighted by Gasteiger charge is -2.37. The number of carbonyl (C=O) groups is 1. The van der Waals surface area contributed by atoms with Crippen molar-refractivity contribution in [2.45, 2.75) is 33.2 Å². The first-order chi connectivity index (χ1) is 8.50. The number of nitrogens with one attached hydrogen (secondary N) is 1. The molecule has 1 fully saturated rings. The molecule has 5 nitrogen and oxygen atoms in total. The van der Waals surface area contributed by atoms with Gasteiger partial charge in [0.25, 0.3) is 5.91 Å². The van der Waals surface area contributed by atoms with Crippen LogP contribution in [0.25, 0.3) is 0 Å². The van der Waals surface area contributed by atoms with Crippen LogP contribution in [0, 0.1) is 5.41 Å². The van der Waals surface area contributed by atoms with Gasteiger partial charge in [0.15, 0.2) is 0 Å². The van der Waals surface area contributed by atoms with E-state index in [1.165, 1.54) is 19.1 Å². The summed E-state index contributed by atoms with van der Waals surface area (Å²) in [7, 11) is 0. The van der Waals surface area contributed by atoms with Crippen molar-refractivity contribution in [1.29, 1.82) is 0 Å². The summed E-state index contributed by atoms with van der Waals surface area (Å²) in [4.78, 5) is 13.7. The molecule has 3 N–H and O–H groups in total. The molecule has 1 amide bonds. The maximum Gasteiger partial charge on any atom is 0.268 e. The van der Waals surface area contributed by atoms with Crippen molar-refractivity contribution in [3.8, 4) is 0 Å². The number of nitrogen functional groups attached to an aromatic ring is 1. The zero-order valence-corrected chi connectivity index (χ0v) is 11.0. The quantitative estimate of drug-likeness (QED) is 0.485. The Morgan fingerprint density at radius 1 is 1.61 bits per heavy atom. The number of carbonyl (C=O) groups excluding carboxylic acids is 1. The van der Waals surface area contributed by atoms with E-state index in [9.17, 15) is 4.79 Å². The number of furan rings is 1. The molecule has 0 saturated carbocycles. The van der Waals surface area contributed by atoms with E-state index in [4.69, 9.17) is 10.3 Å². The first-order valence-electron chi connectivity index (χ1n) is 6.31. The topological polar surface area (TPSA) is 71.5 Å². The van der Waals surface area contributed by atoms with Crippen LogP contribution in [-0.2, 0) is 6.54 Å². The molecule has 1 aliphatic rings. The lowest BCUT2D eigenvalue weighted by molar-refractivity contribution is 0.0953. The molecule has 2 heterocycles. The summed E-state index contributed by atoms with van der Waals surface area (Å²) in [6.45, 7) is 7.47. The van der Waals surface area contributed by atoms with Gasteiger partial charge in [-0.1, -0.05) is 13.8 Å². The highest BCUT2D eigenvalue weighted by Crippen LogP contribution is 2.29. The second kappa shape index (κ2) is 5.12. The molecule has 1 saturated heterocycles. The summed E-state index contributed by atoms with van der Waals surface area (Å²) >= 11 is 0. The fourth-order valence-corrected chi connectivity index (χ4v) is 2.57. The van der Waals surface area contributed by atoms with E-state index < -0.39 is 0 Å². The number of hydrazine groups is 1. The molecule has 0 unspecified atom stereocenters. The van der Waals surface area contributed by atoms with Gasteiger partial charge in [0.2, 0.25) is 0 Å². The van der Waals surface area contributed by atoms with Crippen molar-refractivity contribution < 1.29 is 9.21 Å². The molecular weight excluding hydrogens is 230 g/mol. The molecule has 100 valence electrons. The number of amides is 1. The van der Waals surface area contributed by atoms with E-state index in [0.29, 0.717) is 11.0 Å². The van der Waals surface area contributed by atoms with E-state index in [1.807, 2.05) is 0 Å². The first kappa shape index (κ1) is 13.1. The average molecular weight is 251 g/mol. The molecule has 2 rings (SSSR count). The van der Waals surface area contributed by atoms with Crippen molar-refractivity contribution in [2.24, 2.45) is 11.3 Å². The zero-order chi connectivity index (χ0) is 13.2. The first-order valence-corrected chi connectivity index (χ1v) is 6.31. The van der Waals surface area contributed by atoms with Crippen LogP contribution < -0.4 is 11.3 Å². The van der Waals surface area contributed by atoms with Crippen LogP contribution in [0.4, 0.5) is 0 Å². The Labute approximate surface area is 107 Å². The van der Waals surface area contributed by atoms with Gasteiger partial charge in [-0.15, -0.1) is 0 Å². The average Bonchev–Trinajstić information content (AvgIpc) is 2.75. The van der Waals surface area contributed by atoms with Crippen molar-refractivity contribution in [3.63, 3.8) is 0 Å². The van der Waals surface area contributed by atoms with Crippen molar-refractivity contribution in [3.05, 3.63) is 23.7 Å². The van der Waals surface area contributed by atoms with Crippen LogP contribution in [0.2, 0.25) is 0 Å². The van der Waals surface area contributed by atoms with E-state index in [0.717, 1.165) is 25.4 Å². The maximum atomic E-state index is 11.3. The molecule has 0 aromatic carbocycles. The Kier molecular flexibility index (Phi) is 3.73. The molecule has 18 heavy (non-hydrogen) atoms. The second-order valence-electron chi connectivity index (χ2n) is 5.75. The summed E-state index contributed by atoms with van der Waals surface area (Å²) in [5.41, 5.74) is 2.94. The van der Waals surface area contributed by atoms with Gasteiger partial charge in [-0.3, -0.25) is 15.1 Å². The molecule has 0 atom stereocenters. The summed E-state index contributed by atoms with van der Waals surface area (Å²) in [5.74, 6) is 5.58. The number of likely N-dealkylation sites (tertiary alicyclic amines) is 1. The molecule has 1 aromatic heterocycles. The van der Waals surface area contributed by atoms with Crippen molar-refractivity contribution in [1.82, 2.24) is 10.3 Å². The summed E-state index contributed by atoms with van der Waals surface area (Å²) in [5, 5.41) is 0. The van der Waals surface area contributed by atoms with Crippen LogP contribution in [0.15, 0.2) is 16.7 Å². The third-order valence-electron chi connectivity index (χ3n) is 3.41. The Bertz CT molecular complexity index is 426. The van der Waals surface area contributed by atoms with Gasteiger partial charge in [0.05, 0.1) is 12.1 Å². The third kappa shape index (κ3) is 3.11. The zero-order valence-electron chi connectivity index (χ0n) is 11.0. The van der Waals surface area contributed by atoms with E-state index in [2.05, 4.69) is 24.2 Å². The minimum atomic E-state index is -0.316. The number of hydrogen-bond acceptors (Lipinski definition) is 4. The van der Waals surface area contributed by atoms with Gasteiger partial charge >= 0.3 is 0 Å². The Balaban J connectivity index is 1.97. The number of piperidine rings is 1. The molecule has 1 aromatic rings. The van der Waals surface area contributed by atoms with Crippen LogP contribution >= 0.6 is 0 Å². The van der Waals surface area contributed by atoms with Gasteiger partial charge < -0.3 is 4.42 Å². The Hall–Kier alpha value is -1.33. The smallest absolute Gasteiger partial charge is 0.268 e. The predicted molar refractivity (Wildman–Crippen MR) is 68.7 cm³/mol. The van der Waals surface area contributed by atoms with Crippen molar-refractivity contribution in [2.75, 3.05) is 13.1 Å². The predicted octanol–water partition coefficient (Wildman–Crippen LogP) is 1.51. The molecule has 0 bridgehead atoms. The third-order valence-corrected chi connectivity index (χ3v) is 3.41. The SMILES string of the molecule is CC1(C)CCCN(Cc2cc(C(=O)NN)co2)C1. The number of nitrogens with two attached hydrogens (primary N) is 1. The summed E-state index contributed by atoms with van der Waals surface area (Å²) in [6, 6.07) is 1.75. The number of nitrogens with zero attached hydrogens (tertiary/aromatic N) is 1. The van der Waals surface area contributed by atoms with Gasteiger partial charge in [-0.05, 0) is 30.9 Å². The monoisotopic (exact) mass is 251 g/mol. The lowest BCUT2D eigenvalue weighted by atomic mass is 9.84. The summed E-state index contributed by atoms with van der Waals surface area (Å²) < 4.78 is 5.40. The Morgan fingerprint density at radius 2 is 2.39 bits per heavy atom. The molecule has 1 aliphatic heterocycles. The van der Waals surface area contributed by atoms with Crippen LogP contribution in [0.3, 0.4) is 0 Å². The lowest BCUT2D eigenvalue weighted by Crippen LogP contribution is -2.39. The molecule has 0 aliphatic carbocycles. The largest absolute Gasteiger partial charge is 0.467 e. The van der Waals surface area contributed by atoms with Crippen molar-refractivity contribution >= 4 is 5.91 Å². The van der Waals surface area contributed by atoms with Gasteiger partial charge in [-0.25, -0.2) is 5.84 Å². The van der Waals surface area contributed by atoms with Crippen LogP contribution in [0.5, 0.6) is 0 Å². The minimum Gasteiger partial charge on any atom is -0.467 e. The van der Waals surface area contributed by atoms with Crippen LogP contribution in [-0.4, -0.2) is 23.9 Å². The number of rotatable bonds is 3. The van der Waals surface area contributed by atoms with Gasteiger partial charge in [-0.2, -0.15) is 0 Å². The fourth-order valence-electron chi connectivity index (χ4n) is 2.57. The minimum absolute atomic E-state index is 0.316. The molecular formula is C13H21N3O2. The molecule has 0 spiro atoms.